The van der Waals surface area contributed by atoms with Crippen LogP contribution in [0.15, 0.2) is 35.2 Å². The van der Waals surface area contributed by atoms with Crippen molar-refractivity contribution < 1.29 is 18.6 Å². The van der Waals surface area contributed by atoms with Crippen molar-refractivity contribution in [3.8, 4) is 0 Å². The summed E-state index contributed by atoms with van der Waals surface area (Å²) in [4.78, 5) is 0.163. The molecule has 0 bridgehead atoms. The van der Waals surface area contributed by atoms with E-state index in [1.165, 1.54) is 12.1 Å². The number of rotatable bonds is 4. The van der Waals surface area contributed by atoms with Crippen LogP contribution in [0.25, 0.3) is 0 Å². The Labute approximate surface area is 112 Å². The largest absolute Gasteiger partial charge is 0.389 e. The lowest BCUT2D eigenvalue weighted by Gasteiger charge is -2.25. The first kappa shape index (κ1) is 14.4. The SMILES string of the molecule is CNC[C@]1(O)CN(S(=O)(=O)c2ccccc2)C[C@H]1O. The maximum Gasteiger partial charge on any atom is 0.243 e. The van der Waals surface area contributed by atoms with Crippen molar-refractivity contribution in [1.29, 1.82) is 0 Å². The zero-order chi connectivity index (χ0) is 14.1. The molecule has 1 saturated heterocycles. The van der Waals surface area contributed by atoms with Gasteiger partial charge in [0, 0.05) is 19.6 Å². The molecule has 0 amide bonds. The first-order valence-electron chi connectivity index (χ1n) is 6.00. The average Bonchev–Trinajstić information content (AvgIpc) is 2.68. The van der Waals surface area contributed by atoms with Crippen LogP contribution in [0.2, 0.25) is 0 Å². The molecular formula is C12H18N2O4S. The first-order valence-corrected chi connectivity index (χ1v) is 7.44. The molecule has 7 heteroatoms. The molecule has 1 fully saturated rings. The standard InChI is InChI=1S/C12H18N2O4S/c1-13-8-12(16)9-14(7-11(12)15)19(17,18)10-5-3-2-4-6-10/h2-6,11,13,15-16H,7-9H2,1H3/t11-,12+/m1/s1. The van der Waals surface area contributed by atoms with E-state index in [0.29, 0.717) is 0 Å². The number of aliphatic hydroxyl groups is 2. The number of hydrogen-bond acceptors (Lipinski definition) is 5. The van der Waals surface area contributed by atoms with E-state index in [2.05, 4.69) is 5.32 Å². The summed E-state index contributed by atoms with van der Waals surface area (Å²) < 4.78 is 25.8. The Hall–Kier alpha value is -0.990. The number of nitrogens with one attached hydrogen (secondary N) is 1. The summed E-state index contributed by atoms with van der Waals surface area (Å²) in [7, 11) is -2.04. The normalized spacial score (nSPS) is 28.7. The number of β-amino-alcohol motifs (C(OH)–C–C–N with tert-alkyl or cyclic N) is 2. The lowest BCUT2D eigenvalue weighted by molar-refractivity contribution is -0.0370. The number of aliphatic hydroxyl groups excluding tert-OH is 1. The van der Waals surface area contributed by atoms with E-state index < -0.39 is 21.7 Å². The fraction of sp³-hybridized carbons (Fsp3) is 0.500. The number of hydrogen-bond donors (Lipinski definition) is 3. The molecule has 6 nitrogen and oxygen atoms in total. The monoisotopic (exact) mass is 286 g/mol. The lowest BCUT2D eigenvalue weighted by atomic mass is 10.0. The zero-order valence-electron chi connectivity index (χ0n) is 10.7. The third-order valence-corrected chi connectivity index (χ3v) is 5.14. The van der Waals surface area contributed by atoms with E-state index in [4.69, 9.17) is 0 Å². The van der Waals surface area contributed by atoms with Gasteiger partial charge in [0.2, 0.25) is 10.0 Å². The average molecular weight is 286 g/mol. The van der Waals surface area contributed by atoms with Crippen LogP contribution in [-0.4, -0.2) is 61.3 Å². The van der Waals surface area contributed by atoms with E-state index in [1.54, 1.807) is 25.2 Å². The van der Waals surface area contributed by atoms with Crippen LogP contribution in [0.5, 0.6) is 0 Å². The Morgan fingerprint density at radius 3 is 2.63 bits per heavy atom. The second kappa shape index (κ2) is 5.18. The molecule has 2 rings (SSSR count). The van der Waals surface area contributed by atoms with Crippen LogP contribution in [0, 0.1) is 0 Å². The number of sulfonamides is 1. The summed E-state index contributed by atoms with van der Waals surface area (Å²) in [6.45, 7) is -0.0867. The highest BCUT2D eigenvalue weighted by Crippen LogP contribution is 2.27. The Morgan fingerprint density at radius 1 is 1.42 bits per heavy atom. The van der Waals surface area contributed by atoms with Gasteiger partial charge in [0.05, 0.1) is 11.0 Å². The second-order valence-corrected chi connectivity index (χ2v) is 6.70. The highest BCUT2D eigenvalue weighted by atomic mass is 32.2. The summed E-state index contributed by atoms with van der Waals surface area (Å²) in [5.41, 5.74) is -1.45. The van der Waals surface area contributed by atoms with Crippen LogP contribution in [0.1, 0.15) is 0 Å². The van der Waals surface area contributed by atoms with Gasteiger partial charge in [-0.3, -0.25) is 0 Å². The molecule has 1 aromatic carbocycles. The molecule has 1 aliphatic heterocycles. The molecule has 0 unspecified atom stereocenters. The predicted molar refractivity (Wildman–Crippen MR) is 70.1 cm³/mol. The van der Waals surface area contributed by atoms with Crippen LogP contribution >= 0.6 is 0 Å². The van der Waals surface area contributed by atoms with Gasteiger partial charge in [-0.05, 0) is 19.2 Å². The van der Waals surface area contributed by atoms with Crippen molar-refractivity contribution in [2.24, 2.45) is 0 Å². The highest BCUT2D eigenvalue weighted by Gasteiger charge is 2.48. The van der Waals surface area contributed by atoms with Gasteiger partial charge in [-0.15, -0.1) is 0 Å². The third kappa shape index (κ3) is 2.65. The second-order valence-electron chi connectivity index (χ2n) is 4.76. The van der Waals surface area contributed by atoms with Crippen LogP contribution in [-0.2, 0) is 10.0 Å². The summed E-state index contributed by atoms with van der Waals surface area (Å²) in [6.07, 6.45) is -1.10. The molecule has 1 aromatic rings. The molecule has 0 aliphatic carbocycles. The van der Waals surface area contributed by atoms with Crippen molar-refractivity contribution in [1.82, 2.24) is 9.62 Å². The van der Waals surface area contributed by atoms with E-state index in [9.17, 15) is 18.6 Å². The van der Waals surface area contributed by atoms with E-state index in [-0.39, 0.29) is 24.5 Å². The number of likely N-dealkylation sites (N-methyl/N-ethyl adjacent to an activating group) is 1. The maximum atomic E-state index is 12.4. The molecular weight excluding hydrogens is 268 g/mol. The third-order valence-electron chi connectivity index (χ3n) is 3.31. The fourth-order valence-electron chi connectivity index (χ4n) is 2.24. The maximum absolute atomic E-state index is 12.4. The molecule has 1 aliphatic rings. The van der Waals surface area contributed by atoms with Gasteiger partial charge in [0.25, 0.3) is 0 Å². The molecule has 0 spiro atoms. The molecule has 106 valence electrons. The number of benzene rings is 1. The van der Waals surface area contributed by atoms with Gasteiger partial charge in [0.15, 0.2) is 0 Å². The molecule has 0 saturated carbocycles. The van der Waals surface area contributed by atoms with E-state index >= 15 is 0 Å². The van der Waals surface area contributed by atoms with Crippen molar-refractivity contribution in [3.63, 3.8) is 0 Å². The van der Waals surface area contributed by atoms with Gasteiger partial charge in [-0.25, -0.2) is 8.42 Å². The molecule has 0 aromatic heterocycles. The zero-order valence-corrected chi connectivity index (χ0v) is 11.5. The van der Waals surface area contributed by atoms with Crippen molar-refractivity contribution in [3.05, 3.63) is 30.3 Å². The minimum absolute atomic E-state index is 0.102. The number of nitrogens with zero attached hydrogens (tertiary/aromatic N) is 1. The molecule has 2 atom stereocenters. The molecule has 3 N–H and O–H groups in total. The van der Waals surface area contributed by atoms with Crippen LogP contribution in [0.3, 0.4) is 0 Å². The smallest absolute Gasteiger partial charge is 0.243 e. The summed E-state index contributed by atoms with van der Waals surface area (Å²) >= 11 is 0. The highest BCUT2D eigenvalue weighted by molar-refractivity contribution is 7.89. The topological polar surface area (TPSA) is 89.9 Å². The minimum atomic E-state index is -3.68. The van der Waals surface area contributed by atoms with Crippen LogP contribution < -0.4 is 5.32 Å². The summed E-state index contributed by atoms with van der Waals surface area (Å²) in [5.74, 6) is 0. The van der Waals surface area contributed by atoms with Gasteiger partial charge in [-0.1, -0.05) is 18.2 Å². The predicted octanol–water partition coefficient (Wildman–Crippen LogP) is -0.998. The fourth-order valence-corrected chi connectivity index (χ4v) is 3.77. The Bertz CT molecular complexity index is 534. The molecule has 1 heterocycles. The van der Waals surface area contributed by atoms with Gasteiger partial charge < -0.3 is 15.5 Å². The summed E-state index contributed by atoms with van der Waals surface area (Å²) in [5, 5.41) is 22.8. The van der Waals surface area contributed by atoms with Crippen LogP contribution in [0.4, 0.5) is 0 Å². The van der Waals surface area contributed by atoms with E-state index in [1.807, 2.05) is 0 Å². The van der Waals surface area contributed by atoms with Crippen molar-refractivity contribution in [2.75, 3.05) is 26.7 Å². The lowest BCUT2D eigenvalue weighted by Crippen LogP contribution is -2.49. The molecule has 19 heavy (non-hydrogen) atoms. The van der Waals surface area contributed by atoms with Crippen molar-refractivity contribution in [2.45, 2.75) is 16.6 Å². The quantitative estimate of drug-likeness (QED) is 0.661. The van der Waals surface area contributed by atoms with Gasteiger partial charge >= 0.3 is 0 Å². The minimum Gasteiger partial charge on any atom is -0.389 e. The van der Waals surface area contributed by atoms with Gasteiger partial charge in [-0.2, -0.15) is 4.31 Å². The van der Waals surface area contributed by atoms with Crippen molar-refractivity contribution >= 4 is 10.0 Å². The van der Waals surface area contributed by atoms with Gasteiger partial charge in [0.1, 0.15) is 5.60 Å². The Morgan fingerprint density at radius 2 is 2.05 bits per heavy atom. The van der Waals surface area contributed by atoms with E-state index in [0.717, 1.165) is 4.31 Å². The summed E-state index contributed by atoms with van der Waals surface area (Å²) in [6, 6.07) is 8.00. The Balaban J connectivity index is 2.25. The molecule has 0 radical (unpaired) electrons. The first-order chi connectivity index (χ1) is 8.90. The Kier molecular flexibility index (Phi) is 3.93.